The summed E-state index contributed by atoms with van der Waals surface area (Å²) in [6.07, 6.45) is 21.9. The molecule has 0 aromatic carbocycles. The van der Waals surface area contributed by atoms with Crippen LogP contribution >= 0.6 is 11.8 Å². The molecule has 4 aliphatic carbocycles. The molecular weight excluding hydrogens is 589 g/mol. The van der Waals surface area contributed by atoms with Crippen molar-refractivity contribution in [2.75, 3.05) is 12.4 Å². The Hall–Kier alpha value is -0.336. The van der Waals surface area contributed by atoms with Crippen molar-refractivity contribution < 1.29 is 8.85 Å². The second-order valence-electron chi connectivity index (χ2n) is 17.2. The van der Waals surface area contributed by atoms with Crippen LogP contribution in [-0.4, -0.2) is 39.8 Å². The number of rotatable bonds is 13. The van der Waals surface area contributed by atoms with Crippen LogP contribution in [0.25, 0.3) is 0 Å². The maximum Gasteiger partial charge on any atom is 0.193 e. The molecule has 4 rings (SSSR count). The Bertz CT molecular complexity index is 1130. The number of hydrogen-bond donors (Lipinski definition) is 0. The van der Waals surface area contributed by atoms with Crippen molar-refractivity contribution in [1.82, 2.24) is 0 Å². The molecule has 44 heavy (non-hydrogen) atoms. The van der Waals surface area contributed by atoms with Crippen molar-refractivity contribution in [1.29, 1.82) is 0 Å². The zero-order valence-electron chi connectivity index (χ0n) is 30.8. The average Bonchev–Trinajstić information content (AvgIpc) is 3.31. The number of allylic oxidation sites excluding steroid dienone is 5. The van der Waals surface area contributed by atoms with E-state index in [0.29, 0.717) is 16.6 Å². The molecule has 4 aliphatic rings. The minimum absolute atomic E-state index is 0.209. The molecule has 0 bridgehead atoms. The highest BCUT2D eigenvalue weighted by molar-refractivity contribution is 8.00. The van der Waals surface area contributed by atoms with E-state index in [2.05, 4.69) is 124 Å². The Kier molecular flexibility index (Phi) is 11.3. The Morgan fingerprint density at radius 1 is 0.955 bits per heavy atom. The molecule has 0 aromatic rings. The van der Waals surface area contributed by atoms with Crippen LogP contribution in [0.4, 0.5) is 0 Å². The van der Waals surface area contributed by atoms with Crippen LogP contribution in [0.2, 0.25) is 36.3 Å². The molecule has 5 heteroatoms. The van der Waals surface area contributed by atoms with E-state index in [0.717, 1.165) is 18.3 Å². The third kappa shape index (κ3) is 7.22. The summed E-state index contributed by atoms with van der Waals surface area (Å²) in [5.74, 6) is 2.41. The maximum absolute atomic E-state index is 7.00. The third-order valence-electron chi connectivity index (χ3n) is 13.2. The molecule has 0 aliphatic heterocycles. The zero-order chi connectivity index (χ0) is 32.6. The van der Waals surface area contributed by atoms with E-state index in [9.17, 15) is 0 Å². The minimum atomic E-state index is -1.85. The van der Waals surface area contributed by atoms with E-state index < -0.39 is 16.6 Å². The zero-order valence-corrected chi connectivity index (χ0v) is 33.6. The summed E-state index contributed by atoms with van der Waals surface area (Å²) in [4.78, 5) is 0. The van der Waals surface area contributed by atoms with Crippen molar-refractivity contribution in [2.45, 2.75) is 161 Å². The molecule has 0 unspecified atom stereocenters. The van der Waals surface area contributed by atoms with Crippen LogP contribution < -0.4 is 0 Å². The summed E-state index contributed by atoms with van der Waals surface area (Å²) in [6, 6.07) is 3.58. The van der Waals surface area contributed by atoms with Crippen molar-refractivity contribution in [3.05, 3.63) is 47.1 Å². The molecule has 2 saturated carbocycles. The lowest BCUT2D eigenvalue weighted by Gasteiger charge is -2.54. The lowest BCUT2D eigenvalue weighted by atomic mass is 9.50. The smallest absolute Gasteiger partial charge is 0.193 e. The highest BCUT2D eigenvalue weighted by atomic mass is 32.2. The molecule has 0 amide bonds. The number of thioether (sulfide) groups is 1. The van der Waals surface area contributed by atoms with Crippen LogP contribution in [0.5, 0.6) is 0 Å². The van der Waals surface area contributed by atoms with Gasteiger partial charge in [-0.1, -0.05) is 109 Å². The summed E-state index contributed by atoms with van der Waals surface area (Å²) in [6.45, 7) is 29.5. The maximum atomic E-state index is 7.00. The average molecular weight is 657 g/mol. The van der Waals surface area contributed by atoms with Gasteiger partial charge in [-0.25, -0.2) is 0 Å². The van der Waals surface area contributed by atoms with Crippen molar-refractivity contribution in [3.63, 3.8) is 0 Å². The van der Waals surface area contributed by atoms with Gasteiger partial charge < -0.3 is 8.85 Å². The quantitative estimate of drug-likeness (QED) is 0.145. The molecule has 0 aromatic heterocycles. The molecule has 250 valence electrons. The van der Waals surface area contributed by atoms with Gasteiger partial charge in [0.2, 0.25) is 0 Å². The fourth-order valence-electron chi connectivity index (χ4n) is 8.95. The molecule has 2 fully saturated rings. The van der Waals surface area contributed by atoms with Crippen molar-refractivity contribution >= 4 is 28.4 Å². The largest absolute Gasteiger partial charge is 0.415 e. The van der Waals surface area contributed by atoms with Crippen molar-refractivity contribution in [2.24, 2.45) is 22.7 Å². The first-order chi connectivity index (χ1) is 20.5. The van der Waals surface area contributed by atoms with Gasteiger partial charge in [0.1, 0.15) is 0 Å². The third-order valence-corrected chi connectivity index (χ3v) is 23.7. The summed E-state index contributed by atoms with van der Waals surface area (Å²) in [5, 5.41) is 0.624. The van der Waals surface area contributed by atoms with Gasteiger partial charge in [0.15, 0.2) is 16.6 Å². The first-order valence-electron chi connectivity index (χ1n) is 18.2. The molecule has 0 N–H and O–H groups in total. The molecule has 2 nitrogen and oxygen atoms in total. The van der Waals surface area contributed by atoms with Gasteiger partial charge in [-0.2, -0.15) is 0 Å². The van der Waals surface area contributed by atoms with Crippen LogP contribution in [0.3, 0.4) is 0 Å². The van der Waals surface area contributed by atoms with Gasteiger partial charge in [0.25, 0.3) is 0 Å². The molecule has 0 radical (unpaired) electrons. The number of hydrogen-bond acceptors (Lipinski definition) is 3. The summed E-state index contributed by atoms with van der Waals surface area (Å²) < 4.78 is 13.9. The topological polar surface area (TPSA) is 18.5 Å². The fourth-order valence-corrected chi connectivity index (χ4v) is 14.3. The van der Waals surface area contributed by atoms with E-state index in [1.165, 1.54) is 63.1 Å². The monoisotopic (exact) mass is 656 g/mol. The van der Waals surface area contributed by atoms with Gasteiger partial charge in [0, 0.05) is 17.6 Å². The highest BCUT2D eigenvalue weighted by Gasteiger charge is 2.54. The van der Waals surface area contributed by atoms with Gasteiger partial charge in [-0.3, -0.25) is 0 Å². The van der Waals surface area contributed by atoms with Gasteiger partial charge >= 0.3 is 0 Å². The molecular formula is C39H68O2SSi2. The predicted molar refractivity (Wildman–Crippen MR) is 201 cm³/mol. The highest BCUT2D eigenvalue weighted by Crippen LogP contribution is 2.64. The first-order valence-corrected chi connectivity index (χ1v) is 24.7. The first kappa shape index (κ1) is 36.5. The second kappa shape index (κ2) is 13.6. The normalized spacial score (nSPS) is 30.3. The number of fused-ring (bicyclic) bond motifs is 5. The Morgan fingerprint density at radius 3 is 2.27 bits per heavy atom. The Balaban J connectivity index is 1.54. The van der Waals surface area contributed by atoms with E-state index in [4.69, 9.17) is 8.85 Å². The lowest BCUT2D eigenvalue weighted by Crippen LogP contribution is -2.46. The van der Waals surface area contributed by atoms with E-state index in [1.54, 1.807) is 16.7 Å². The van der Waals surface area contributed by atoms with Crippen molar-refractivity contribution in [3.8, 4) is 0 Å². The predicted octanol–water partition coefficient (Wildman–Crippen LogP) is 12.3. The van der Waals surface area contributed by atoms with Gasteiger partial charge in [0.05, 0.1) is 5.60 Å². The molecule has 0 spiro atoms. The van der Waals surface area contributed by atoms with Crippen LogP contribution in [0.15, 0.2) is 47.1 Å². The standard InChI is InChI=1S/C39H68O2SSi2/c1-13-44(14-2,15-3)41-37(7,8)25-18-28-42-35(29-40-43(11,12)36(4,5)6)34-23-22-32-31-21-20-30-19-16-17-26-38(30,9)33(31)24-27-39(32,34)10/h18,20-21,23,25,32-33,35H,13-17,19,22,24,26-29H2,1-12H3/b25-18-/t32-,33-,35+,38-,39-/m0/s1. The molecule has 0 heterocycles. The van der Waals surface area contributed by atoms with Crippen LogP contribution in [0.1, 0.15) is 114 Å². The summed E-state index contributed by atoms with van der Waals surface area (Å²) >= 11 is 2.11. The van der Waals surface area contributed by atoms with E-state index in [-0.39, 0.29) is 16.1 Å². The SMILES string of the molecule is CC[Si](CC)(CC)OC(C)(C)/C=C\CS[C@H](CO[Si](C)(C)C(C)(C)C)C1=CC[C@H]2C3=CC=C4CCCC[C@]4(C)[C@H]3CC[C@]12C. The van der Waals surface area contributed by atoms with Gasteiger partial charge in [-0.15, -0.1) is 11.8 Å². The van der Waals surface area contributed by atoms with Crippen LogP contribution in [0, 0.1) is 22.7 Å². The minimum Gasteiger partial charge on any atom is -0.415 e. The second-order valence-corrected chi connectivity index (χ2v) is 27.9. The molecule has 5 atom stereocenters. The van der Waals surface area contributed by atoms with Crippen LogP contribution in [-0.2, 0) is 8.85 Å². The summed E-state index contributed by atoms with van der Waals surface area (Å²) in [7, 11) is -3.51. The van der Waals surface area contributed by atoms with Gasteiger partial charge in [-0.05, 0) is 111 Å². The lowest BCUT2D eigenvalue weighted by molar-refractivity contribution is 0.109. The Labute approximate surface area is 279 Å². The Morgan fingerprint density at radius 2 is 1.64 bits per heavy atom. The van der Waals surface area contributed by atoms with E-state index in [1.807, 2.05) is 0 Å². The van der Waals surface area contributed by atoms with E-state index >= 15 is 0 Å². The summed E-state index contributed by atoms with van der Waals surface area (Å²) in [5.41, 5.74) is 5.65. The molecule has 0 saturated heterocycles. The fraction of sp³-hybridized carbons (Fsp3) is 0.795.